The van der Waals surface area contributed by atoms with E-state index in [1.54, 1.807) is 13.0 Å². The molecule has 0 aliphatic carbocycles. The summed E-state index contributed by atoms with van der Waals surface area (Å²) in [6.45, 7) is 0.926. The van der Waals surface area contributed by atoms with Crippen LogP contribution >= 0.6 is 46.4 Å². The fourth-order valence-electron chi connectivity index (χ4n) is 2.80. The van der Waals surface area contributed by atoms with Crippen LogP contribution in [0.25, 0.3) is 0 Å². The van der Waals surface area contributed by atoms with Crippen LogP contribution in [-0.4, -0.2) is 36.9 Å². The first-order valence-corrected chi connectivity index (χ1v) is 11.1. The highest BCUT2D eigenvalue weighted by molar-refractivity contribution is 6.48. The van der Waals surface area contributed by atoms with Gasteiger partial charge in [-0.2, -0.15) is 13.2 Å². The Labute approximate surface area is 209 Å². The zero-order valence-electron chi connectivity index (χ0n) is 17.5. The van der Waals surface area contributed by atoms with Crippen molar-refractivity contribution in [2.75, 3.05) is 19.0 Å². The van der Waals surface area contributed by atoms with Crippen molar-refractivity contribution in [2.45, 2.75) is 37.8 Å². The molecule has 2 rings (SSSR count). The van der Waals surface area contributed by atoms with Gasteiger partial charge in [0.25, 0.3) is 0 Å². The number of carbonyl (C=O) groups is 1. The number of hydrogen-bond donors (Lipinski definition) is 3. The lowest BCUT2D eigenvalue weighted by Crippen LogP contribution is -2.47. The van der Waals surface area contributed by atoms with Crippen molar-refractivity contribution in [1.82, 2.24) is 5.32 Å². The van der Waals surface area contributed by atoms with Crippen LogP contribution in [-0.2, 0) is 21.7 Å². The first-order valence-electron chi connectivity index (χ1n) is 9.54. The molecule has 2 aromatic carbocycles. The molecule has 33 heavy (non-hydrogen) atoms. The summed E-state index contributed by atoms with van der Waals surface area (Å²) in [7, 11) is 1.50. The number of carbonyl (C=O) groups excluding carboxylic acids is 1. The number of nitrogens with one attached hydrogen (secondary N) is 2. The quantitative estimate of drug-likeness (QED) is 0.327. The van der Waals surface area contributed by atoms with Crippen LogP contribution in [0.3, 0.4) is 0 Å². The van der Waals surface area contributed by atoms with E-state index in [4.69, 9.17) is 51.1 Å². The minimum Gasteiger partial charge on any atom is -0.381 e. The highest BCUT2D eigenvalue weighted by Crippen LogP contribution is 2.43. The average Bonchev–Trinajstić information content (AvgIpc) is 2.73. The van der Waals surface area contributed by atoms with Crippen molar-refractivity contribution in [1.29, 1.82) is 0 Å². The first-order chi connectivity index (χ1) is 15.3. The standard InChI is InChI=1S/C21H21Cl4F3N2O3/c1-11(33-2)5-18(31)29-9-12-3-4-14(8-15(12)22)30-10-20(32,21(26,27)28)13-6-16(23)19(25)17(24)7-13/h3-4,6-8,11,30,32H,5,9-10H2,1-2H3,(H,29,31)/t11-,20+/m0/s1. The number of ether oxygens (including phenoxy) is 1. The van der Waals surface area contributed by atoms with Crippen molar-refractivity contribution >= 4 is 58.0 Å². The number of amides is 1. The minimum absolute atomic E-state index is 0.120. The Morgan fingerprint density at radius 1 is 1.09 bits per heavy atom. The molecule has 0 fully saturated rings. The van der Waals surface area contributed by atoms with Gasteiger partial charge in [-0.15, -0.1) is 0 Å². The van der Waals surface area contributed by atoms with Gasteiger partial charge in [-0.25, -0.2) is 0 Å². The highest BCUT2D eigenvalue weighted by atomic mass is 35.5. The number of aliphatic hydroxyl groups is 1. The molecule has 0 unspecified atom stereocenters. The molecule has 182 valence electrons. The van der Waals surface area contributed by atoms with E-state index >= 15 is 0 Å². The molecule has 12 heteroatoms. The number of methoxy groups -OCH3 is 1. The van der Waals surface area contributed by atoms with Gasteiger partial charge in [-0.05, 0) is 42.3 Å². The molecular weight excluding hydrogens is 527 g/mol. The molecular formula is C21H21Cl4F3N2O3. The molecule has 5 nitrogen and oxygen atoms in total. The summed E-state index contributed by atoms with van der Waals surface area (Å²) in [5, 5.41) is 15.4. The second-order valence-electron chi connectivity index (χ2n) is 7.30. The maximum atomic E-state index is 13.8. The normalized spacial score (nSPS) is 14.5. The third-order valence-corrected chi connectivity index (χ3v) is 6.43. The molecule has 3 N–H and O–H groups in total. The summed E-state index contributed by atoms with van der Waals surface area (Å²) in [5.41, 5.74) is -3.11. The predicted octanol–water partition coefficient (Wildman–Crippen LogP) is 6.20. The number of anilines is 1. The van der Waals surface area contributed by atoms with E-state index in [0.717, 1.165) is 12.1 Å². The van der Waals surface area contributed by atoms with E-state index < -0.39 is 23.9 Å². The zero-order valence-corrected chi connectivity index (χ0v) is 20.5. The summed E-state index contributed by atoms with van der Waals surface area (Å²) in [5.74, 6) is -0.238. The number of hydrogen-bond acceptors (Lipinski definition) is 4. The maximum Gasteiger partial charge on any atom is 0.423 e. The number of alkyl halides is 3. The molecule has 0 heterocycles. The summed E-state index contributed by atoms with van der Waals surface area (Å²) in [6.07, 6.45) is -5.14. The summed E-state index contributed by atoms with van der Waals surface area (Å²) in [6, 6.07) is 6.23. The van der Waals surface area contributed by atoms with Crippen LogP contribution < -0.4 is 10.6 Å². The smallest absolute Gasteiger partial charge is 0.381 e. The van der Waals surface area contributed by atoms with Gasteiger partial charge >= 0.3 is 6.18 Å². The van der Waals surface area contributed by atoms with E-state index in [9.17, 15) is 23.1 Å². The van der Waals surface area contributed by atoms with Gasteiger partial charge in [0, 0.05) is 24.4 Å². The Kier molecular flexibility index (Phi) is 9.56. The largest absolute Gasteiger partial charge is 0.423 e. The van der Waals surface area contributed by atoms with E-state index in [2.05, 4.69) is 10.6 Å². The molecule has 0 bridgehead atoms. The van der Waals surface area contributed by atoms with Crippen LogP contribution in [0.4, 0.5) is 18.9 Å². The van der Waals surface area contributed by atoms with Crippen molar-refractivity contribution < 1.29 is 27.8 Å². The van der Waals surface area contributed by atoms with E-state index in [1.807, 2.05) is 0 Å². The van der Waals surface area contributed by atoms with Gasteiger partial charge in [0.15, 0.2) is 0 Å². The second-order valence-corrected chi connectivity index (χ2v) is 8.90. The molecule has 1 amide bonds. The van der Waals surface area contributed by atoms with Crippen LogP contribution in [0.2, 0.25) is 20.1 Å². The van der Waals surface area contributed by atoms with Gasteiger partial charge in [0.2, 0.25) is 11.5 Å². The minimum atomic E-state index is -5.06. The molecule has 0 radical (unpaired) electrons. The molecule has 0 aromatic heterocycles. The molecule has 0 spiro atoms. The number of rotatable bonds is 9. The Bertz CT molecular complexity index is 984. The van der Waals surface area contributed by atoms with Crippen molar-refractivity contribution in [3.63, 3.8) is 0 Å². The zero-order chi connectivity index (χ0) is 25.0. The predicted molar refractivity (Wildman–Crippen MR) is 124 cm³/mol. The lowest BCUT2D eigenvalue weighted by molar-refractivity contribution is -0.260. The van der Waals surface area contributed by atoms with E-state index in [1.165, 1.54) is 19.2 Å². The molecule has 0 aliphatic rings. The third-order valence-electron chi connectivity index (χ3n) is 4.88. The molecule has 0 saturated heterocycles. The van der Waals surface area contributed by atoms with E-state index in [-0.39, 0.29) is 50.8 Å². The highest BCUT2D eigenvalue weighted by Gasteiger charge is 2.55. The van der Waals surface area contributed by atoms with Crippen LogP contribution in [0.1, 0.15) is 24.5 Å². The topological polar surface area (TPSA) is 70.6 Å². The monoisotopic (exact) mass is 546 g/mol. The summed E-state index contributed by atoms with van der Waals surface area (Å²) < 4.78 is 46.4. The molecule has 2 atom stereocenters. The van der Waals surface area contributed by atoms with Gasteiger partial charge in [0.1, 0.15) is 0 Å². The number of benzene rings is 2. The Hall–Kier alpha value is -1.42. The number of halogens is 7. The SMILES string of the molecule is CO[C@@H](C)CC(=O)NCc1ccc(NC[C@@](O)(c2cc(Cl)c(Cl)c(Cl)c2)C(F)(F)F)cc1Cl. The van der Waals surface area contributed by atoms with Crippen LogP contribution in [0.15, 0.2) is 30.3 Å². The fraction of sp³-hybridized carbons (Fsp3) is 0.381. The van der Waals surface area contributed by atoms with Crippen molar-refractivity contribution in [3.8, 4) is 0 Å². The first kappa shape index (κ1) is 27.8. The molecule has 0 aliphatic heterocycles. The van der Waals surface area contributed by atoms with Crippen molar-refractivity contribution in [2.24, 2.45) is 0 Å². The lowest BCUT2D eigenvalue weighted by Gasteiger charge is -2.32. The third kappa shape index (κ3) is 7.04. The Morgan fingerprint density at radius 3 is 2.21 bits per heavy atom. The maximum absolute atomic E-state index is 13.8. The van der Waals surface area contributed by atoms with Gasteiger partial charge in [-0.3, -0.25) is 4.79 Å². The van der Waals surface area contributed by atoms with Crippen LogP contribution in [0, 0.1) is 0 Å². The van der Waals surface area contributed by atoms with Gasteiger partial charge in [-0.1, -0.05) is 52.5 Å². The molecule has 0 saturated carbocycles. The van der Waals surface area contributed by atoms with Gasteiger partial charge < -0.3 is 20.5 Å². The summed E-state index contributed by atoms with van der Waals surface area (Å²) >= 11 is 23.7. The average molecular weight is 548 g/mol. The molecule has 2 aromatic rings. The lowest BCUT2D eigenvalue weighted by atomic mass is 9.92. The van der Waals surface area contributed by atoms with E-state index in [0.29, 0.717) is 5.56 Å². The Balaban J connectivity index is 2.16. The Morgan fingerprint density at radius 2 is 1.70 bits per heavy atom. The summed E-state index contributed by atoms with van der Waals surface area (Å²) in [4.78, 5) is 11.9. The second kappa shape index (κ2) is 11.3. The van der Waals surface area contributed by atoms with Gasteiger partial charge in [0.05, 0.1) is 34.1 Å². The van der Waals surface area contributed by atoms with Crippen LogP contribution in [0.5, 0.6) is 0 Å². The fourth-order valence-corrected chi connectivity index (χ4v) is 3.64. The van der Waals surface area contributed by atoms with Crippen molar-refractivity contribution in [3.05, 3.63) is 61.5 Å².